The third-order valence-electron chi connectivity index (χ3n) is 4.65. The summed E-state index contributed by atoms with van der Waals surface area (Å²) in [5.41, 5.74) is 0.951. The highest BCUT2D eigenvalue weighted by Crippen LogP contribution is 2.33. The van der Waals surface area contributed by atoms with Gasteiger partial charge < -0.3 is 10.2 Å². The molecular weight excluding hydrogens is 356 g/mol. The third kappa shape index (κ3) is 4.29. The molecular formula is C19H23ClN2S2. The molecule has 1 aliphatic carbocycles. The van der Waals surface area contributed by atoms with E-state index in [2.05, 4.69) is 34.7 Å². The largest absolute Gasteiger partial charge is 0.338 e. The van der Waals surface area contributed by atoms with Crippen LogP contribution in [0.4, 0.5) is 5.69 Å². The number of hydrogen-bond acceptors (Lipinski definition) is 2. The molecule has 0 radical (unpaired) electrons. The van der Waals surface area contributed by atoms with Crippen LogP contribution < -0.4 is 5.32 Å². The minimum Gasteiger partial charge on any atom is -0.338 e. The second-order valence-electron chi connectivity index (χ2n) is 6.33. The number of thiophene rings is 1. The first-order chi connectivity index (χ1) is 11.6. The molecule has 1 atom stereocenters. The third-order valence-corrected chi connectivity index (χ3v) is 6.24. The number of nitrogens with one attached hydrogen (secondary N) is 1. The van der Waals surface area contributed by atoms with Crippen LogP contribution in [-0.2, 0) is 0 Å². The van der Waals surface area contributed by atoms with Gasteiger partial charge in [0.2, 0.25) is 0 Å². The van der Waals surface area contributed by atoms with Gasteiger partial charge >= 0.3 is 0 Å². The predicted octanol–water partition coefficient (Wildman–Crippen LogP) is 6.49. The van der Waals surface area contributed by atoms with Crippen LogP contribution in [0.1, 0.15) is 49.9 Å². The summed E-state index contributed by atoms with van der Waals surface area (Å²) in [4.78, 5) is 3.76. The summed E-state index contributed by atoms with van der Waals surface area (Å²) in [6.45, 7) is 2.26. The fourth-order valence-corrected chi connectivity index (χ4v) is 4.83. The maximum Gasteiger partial charge on any atom is 0.174 e. The molecule has 1 heterocycles. The molecule has 128 valence electrons. The Balaban J connectivity index is 1.81. The highest BCUT2D eigenvalue weighted by Gasteiger charge is 2.28. The first kappa shape index (κ1) is 17.7. The van der Waals surface area contributed by atoms with Gasteiger partial charge in [-0.3, -0.25) is 0 Å². The summed E-state index contributed by atoms with van der Waals surface area (Å²) in [6, 6.07) is 12.9. The van der Waals surface area contributed by atoms with Crippen LogP contribution in [0.15, 0.2) is 41.8 Å². The van der Waals surface area contributed by atoms with E-state index in [1.165, 1.54) is 37.0 Å². The van der Waals surface area contributed by atoms with E-state index in [0.29, 0.717) is 6.04 Å². The Morgan fingerprint density at radius 1 is 1.25 bits per heavy atom. The Kier molecular flexibility index (Phi) is 6.14. The minimum atomic E-state index is 0.285. The van der Waals surface area contributed by atoms with Crippen LogP contribution in [0.3, 0.4) is 0 Å². The first-order valence-electron chi connectivity index (χ1n) is 8.53. The molecule has 0 spiro atoms. The molecule has 1 aromatic carbocycles. The Labute approximate surface area is 158 Å². The van der Waals surface area contributed by atoms with Crippen molar-refractivity contribution in [3.63, 3.8) is 0 Å². The zero-order valence-electron chi connectivity index (χ0n) is 13.9. The van der Waals surface area contributed by atoms with E-state index >= 15 is 0 Å². The molecule has 1 aromatic heterocycles. The topological polar surface area (TPSA) is 15.3 Å². The summed E-state index contributed by atoms with van der Waals surface area (Å²) in [7, 11) is 0. The van der Waals surface area contributed by atoms with Gasteiger partial charge in [-0.05, 0) is 61.6 Å². The van der Waals surface area contributed by atoms with Crippen LogP contribution in [0, 0.1) is 0 Å². The molecule has 0 bridgehead atoms. The molecule has 1 aliphatic rings. The Hall–Kier alpha value is -1.10. The number of anilines is 1. The fourth-order valence-electron chi connectivity index (χ4n) is 3.44. The number of rotatable bonds is 4. The summed E-state index contributed by atoms with van der Waals surface area (Å²) < 4.78 is 0. The standard InChI is InChI=1S/C19H23ClN2S2/c1-14(18-11-6-12-24-18)22(17-9-3-2-4-10-17)19(23)21-16-8-5-7-15(20)13-16/h5-8,11-14,17H,2-4,9-10H2,1H3,(H,21,23)/t14-/m0/s1. The van der Waals surface area contributed by atoms with Gasteiger partial charge in [-0.15, -0.1) is 11.3 Å². The van der Waals surface area contributed by atoms with Crippen molar-refractivity contribution in [2.45, 2.75) is 51.1 Å². The van der Waals surface area contributed by atoms with Crippen molar-refractivity contribution in [1.29, 1.82) is 0 Å². The average Bonchev–Trinajstić information content (AvgIpc) is 3.10. The molecule has 1 N–H and O–H groups in total. The van der Waals surface area contributed by atoms with Crippen LogP contribution in [0.5, 0.6) is 0 Å². The van der Waals surface area contributed by atoms with Crippen LogP contribution >= 0.6 is 35.2 Å². The van der Waals surface area contributed by atoms with Crippen molar-refractivity contribution < 1.29 is 0 Å². The second-order valence-corrected chi connectivity index (χ2v) is 8.13. The molecule has 2 nitrogen and oxygen atoms in total. The van der Waals surface area contributed by atoms with E-state index in [9.17, 15) is 0 Å². The highest BCUT2D eigenvalue weighted by atomic mass is 35.5. The fraction of sp³-hybridized carbons (Fsp3) is 0.421. The summed E-state index contributed by atoms with van der Waals surface area (Å²) in [6.07, 6.45) is 6.35. The Morgan fingerprint density at radius 2 is 2.04 bits per heavy atom. The van der Waals surface area contributed by atoms with Gasteiger partial charge in [0.15, 0.2) is 5.11 Å². The summed E-state index contributed by atoms with van der Waals surface area (Å²) in [5, 5.41) is 7.05. The minimum absolute atomic E-state index is 0.285. The molecule has 0 unspecified atom stereocenters. The monoisotopic (exact) mass is 378 g/mol. The van der Waals surface area contributed by atoms with Gasteiger partial charge in [0.05, 0.1) is 6.04 Å². The van der Waals surface area contributed by atoms with Crippen molar-refractivity contribution in [3.8, 4) is 0 Å². The lowest BCUT2D eigenvalue weighted by Gasteiger charge is -2.40. The SMILES string of the molecule is C[C@@H](c1cccs1)N(C(=S)Nc1cccc(Cl)c1)C1CCCCC1. The van der Waals surface area contributed by atoms with E-state index in [0.717, 1.165) is 15.8 Å². The molecule has 0 aliphatic heterocycles. The van der Waals surface area contributed by atoms with E-state index in [-0.39, 0.29) is 6.04 Å². The predicted molar refractivity (Wildman–Crippen MR) is 109 cm³/mol. The van der Waals surface area contributed by atoms with Crippen LogP contribution in [-0.4, -0.2) is 16.1 Å². The van der Waals surface area contributed by atoms with Gasteiger partial charge in [-0.25, -0.2) is 0 Å². The lowest BCUT2D eigenvalue weighted by molar-refractivity contribution is 0.205. The smallest absolute Gasteiger partial charge is 0.174 e. The number of nitrogens with zero attached hydrogens (tertiary/aromatic N) is 1. The maximum atomic E-state index is 6.11. The molecule has 3 rings (SSSR count). The first-order valence-corrected chi connectivity index (χ1v) is 10.2. The molecule has 2 aromatic rings. The van der Waals surface area contributed by atoms with Crippen LogP contribution in [0.2, 0.25) is 5.02 Å². The molecule has 1 saturated carbocycles. The maximum absolute atomic E-state index is 6.11. The zero-order chi connectivity index (χ0) is 16.9. The van der Waals surface area contributed by atoms with E-state index in [1.807, 2.05) is 24.3 Å². The summed E-state index contributed by atoms with van der Waals surface area (Å²) >= 11 is 13.7. The Morgan fingerprint density at radius 3 is 2.71 bits per heavy atom. The number of benzene rings is 1. The van der Waals surface area contributed by atoms with Gasteiger partial charge in [-0.1, -0.05) is 43.0 Å². The van der Waals surface area contributed by atoms with Crippen LogP contribution in [0.25, 0.3) is 0 Å². The van der Waals surface area contributed by atoms with Gasteiger partial charge in [0.25, 0.3) is 0 Å². The van der Waals surface area contributed by atoms with Crippen molar-refractivity contribution in [3.05, 3.63) is 51.7 Å². The highest BCUT2D eigenvalue weighted by molar-refractivity contribution is 7.80. The van der Waals surface area contributed by atoms with Gasteiger partial charge in [0, 0.05) is 21.6 Å². The van der Waals surface area contributed by atoms with Crippen molar-refractivity contribution in [2.24, 2.45) is 0 Å². The Bertz CT molecular complexity index is 666. The second kappa shape index (κ2) is 8.32. The lowest BCUT2D eigenvalue weighted by atomic mass is 9.93. The summed E-state index contributed by atoms with van der Waals surface area (Å²) in [5.74, 6) is 0. The van der Waals surface area contributed by atoms with Gasteiger partial charge in [0.1, 0.15) is 0 Å². The van der Waals surface area contributed by atoms with E-state index < -0.39 is 0 Å². The van der Waals surface area contributed by atoms with E-state index in [4.69, 9.17) is 23.8 Å². The quantitative estimate of drug-likeness (QED) is 0.611. The number of thiocarbonyl (C=S) groups is 1. The lowest BCUT2D eigenvalue weighted by Crippen LogP contribution is -2.45. The molecule has 0 amide bonds. The molecule has 0 saturated heterocycles. The van der Waals surface area contributed by atoms with Crippen molar-refractivity contribution in [1.82, 2.24) is 4.90 Å². The average molecular weight is 379 g/mol. The van der Waals surface area contributed by atoms with E-state index in [1.54, 1.807) is 11.3 Å². The normalized spacial score (nSPS) is 16.6. The van der Waals surface area contributed by atoms with Crippen molar-refractivity contribution in [2.75, 3.05) is 5.32 Å². The molecule has 5 heteroatoms. The molecule has 24 heavy (non-hydrogen) atoms. The zero-order valence-corrected chi connectivity index (χ0v) is 16.3. The number of hydrogen-bond donors (Lipinski definition) is 1. The van der Waals surface area contributed by atoms with Gasteiger partial charge in [-0.2, -0.15) is 0 Å². The number of halogens is 1. The molecule has 1 fully saturated rings. The van der Waals surface area contributed by atoms with Crippen molar-refractivity contribution >= 4 is 46.0 Å².